The standard InChI is InChI=1S/C26H27N7O/c1-15-11-16(2)23-21(12-15)32-26(34-23)31-18-5-3-17(4-6-18)20-13-33(19-7-9-28-10-8-19)25-22(20)24(27)29-14-30-25/h3-6,11-14,19,28H,7-10H2,1-2H3,(H,31,32)(H2,27,29,30). The molecule has 4 heterocycles. The highest BCUT2D eigenvalue weighted by Crippen LogP contribution is 2.36. The largest absolute Gasteiger partial charge is 0.423 e. The Labute approximate surface area is 197 Å². The molecule has 1 fully saturated rings. The van der Waals surface area contributed by atoms with Crippen LogP contribution in [0, 0.1) is 13.8 Å². The molecule has 0 radical (unpaired) electrons. The van der Waals surface area contributed by atoms with Crippen LogP contribution in [0.2, 0.25) is 0 Å². The number of aryl methyl sites for hydroxylation is 2. The number of fused-ring (bicyclic) bond motifs is 2. The van der Waals surface area contributed by atoms with Crippen molar-refractivity contribution in [1.29, 1.82) is 0 Å². The van der Waals surface area contributed by atoms with Gasteiger partial charge in [-0.1, -0.05) is 18.2 Å². The molecule has 8 nitrogen and oxygen atoms in total. The second-order valence-electron chi connectivity index (χ2n) is 9.04. The van der Waals surface area contributed by atoms with Gasteiger partial charge < -0.3 is 25.4 Å². The van der Waals surface area contributed by atoms with Crippen LogP contribution < -0.4 is 16.4 Å². The van der Waals surface area contributed by atoms with Gasteiger partial charge in [-0.15, -0.1) is 0 Å². The number of benzene rings is 2. The highest BCUT2D eigenvalue weighted by molar-refractivity contribution is 6.00. The Morgan fingerprint density at radius 3 is 2.68 bits per heavy atom. The zero-order valence-corrected chi connectivity index (χ0v) is 19.3. The Balaban J connectivity index is 1.33. The monoisotopic (exact) mass is 453 g/mol. The van der Waals surface area contributed by atoms with Gasteiger partial charge in [-0.3, -0.25) is 0 Å². The lowest BCUT2D eigenvalue weighted by Gasteiger charge is -2.24. The van der Waals surface area contributed by atoms with E-state index in [0.29, 0.717) is 17.9 Å². The topological polar surface area (TPSA) is 107 Å². The molecule has 0 spiro atoms. The van der Waals surface area contributed by atoms with Gasteiger partial charge in [0.2, 0.25) is 0 Å². The molecule has 4 N–H and O–H groups in total. The third-order valence-electron chi connectivity index (χ3n) is 6.61. The van der Waals surface area contributed by atoms with Crippen LogP contribution in [0.3, 0.4) is 0 Å². The van der Waals surface area contributed by atoms with E-state index >= 15 is 0 Å². The molecule has 1 saturated heterocycles. The van der Waals surface area contributed by atoms with Gasteiger partial charge in [0, 0.05) is 23.5 Å². The summed E-state index contributed by atoms with van der Waals surface area (Å²) in [7, 11) is 0. The van der Waals surface area contributed by atoms with Crippen LogP contribution in [0.4, 0.5) is 17.5 Å². The number of rotatable bonds is 4. The average molecular weight is 454 g/mol. The normalized spacial score (nSPS) is 14.8. The van der Waals surface area contributed by atoms with Gasteiger partial charge >= 0.3 is 0 Å². The van der Waals surface area contributed by atoms with Crippen LogP contribution >= 0.6 is 0 Å². The van der Waals surface area contributed by atoms with Gasteiger partial charge in [-0.05, 0) is 74.7 Å². The maximum Gasteiger partial charge on any atom is 0.300 e. The van der Waals surface area contributed by atoms with E-state index < -0.39 is 0 Å². The van der Waals surface area contributed by atoms with Gasteiger partial charge in [-0.25, -0.2) is 9.97 Å². The SMILES string of the molecule is Cc1cc(C)c2oc(Nc3ccc(-c4cn(C5CCNCC5)c5ncnc(N)c45)cc3)nc2c1. The number of anilines is 3. The molecule has 2 aromatic carbocycles. The van der Waals surface area contributed by atoms with E-state index in [4.69, 9.17) is 10.2 Å². The highest BCUT2D eigenvalue weighted by atomic mass is 16.4. The molecular formula is C26H27N7O. The summed E-state index contributed by atoms with van der Waals surface area (Å²) in [6.45, 7) is 6.12. The van der Waals surface area contributed by atoms with Crippen LogP contribution in [0.25, 0.3) is 33.3 Å². The molecule has 0 atom stereocenters. The van der Waals surface area contributed by atoms with Crippen molar-refractivity contribution in [3.63, 3.8) is 0 Å². The lowest BCUT2D eigenvalue weighted by Crippen LogP contribution is -2.29. The minimum atomic E-state index is 0.402. The minimum absolute atomic E-state index is 0.402. The number of nitrogens with two attached hydrogens (primary N) is 1. The number of oxazole rings is 1. The molecule has 8 heteroatoms. The van der Waals surface area contributed by atoms with Crippen molar-refractivity contribution < 1.29 is 4.42 Å². The molecule has 1 aliphatic heterocycles. The van der Waals surface area contributed by atoms with Crippen molar-refractivity contribution in [3.8, 4) is 11.1 Å². The molecule has 5 aromatic rings. The van der Waals surface area contributed by atoms with E-state index in [1.54, 1.807) is 6.33 Å². The molecule has 34 heavy (non-hydrogen) atoms. The van der Waals surface area contributed by atoms with Crippen LogP contribution in [0.5, 0.6) is 0 Å². The van der Waals surface area contributed by atoms with Gasteiger partial charge in [0.1, 0.15) is 23.3 Å². The first-order chi connectivity index (χ1) is 16.6. The van der Waals surface area contributed by atoms with Gasteiger partial charge in [0.05, 0.1) is 5.39 Å². The van der Waals surface area contributed by atoms with E-state index in [2.05, 4.69) is 61.5 Å². The average Bonchev–Trinajstić information content (AvgIpc) is 3.43. The Kier molecular flexibility index (Phi) is 4.95. The number of aromatic nitrogens is 4. The Morgan fingerprint density at radius 1 is 1.09 bits per heavy atom. The van der Waals surface area contributed by atoms with Gasteiger partial charge in [0.25, 0.3) is 6.01 Å². The number of nitrogens with zero attached hydrogens (tertiary/aromatic N) is 4. The highest BCUT2D eigenvalue weighted by Gasteiger charge is 2.22. The van der Waals surface area contributed by atoms with Crippen LogP contribution in [-0.4, -0.2) is 32.6 Å². The fourth-order valence-corrected chi connectivity index (χ4v) is 4.98. The van der Waals surface area contributed by atoms with Crippen molar-refractivity contribution in [1.82, 2.24) is 24.8 Å². The Morgan fingerprint density at radius 2 is 1.88 bits per heavy atom. The fraction of sp³-hybridized carbons (Fsp3) is 0.269. The quantitative estimate of drug-likeness (QED) is 0.347. The summed E-state index contributed by atoms with van der Waals surface area (Å²) in [5, 5.41) is 7.63. The van der Waals surface area contributed by atoms with Crippen LogP contribution in [0.1, 0.15) is 30.0 Å². The zero-order valence-electron chi connectivity index (χ0n) is 19.3. The summed E-state index contributed by atoms with van der Waals surface area (Å²) in [4.78, 5) is 13.5. The number of piperidine rings is 1. The van der Waals surface area contributed by atoms with Crippen LogP contribution in [0.15, 0.2) is 53.3 Å². The second-order valence-corrected chi connectivity index (χ2v) is 9.04. The Bertz CT molecular complexity index is 1490. The predicted octanol–water partition coefficient (Wildman–Crippen LogP) is 5.11. The summed E-state index contributed by atoms with van der Waals surface area (Å²) in [6, 6.07) is 13.2. The van der Waals surface area contributed by atoms with E-state index in [1.165, 1.54) is 5.56 Å². The third kappa shape index (κ3) is 3.56. The smallest absolute Gasteiger partial charge is 0.300 e. The summed E-state index contributed by atoms with van der Waals surface area (Å²) in [6.07, 6.45) is 5.87. The first kappa shape index (κ1) is 20.7. The minimum Gasteiger partial charge on any atom is -0.423 e. The molecule has 0 amide bonds. The van der Waals surface area contributed by atoms with Crippen molar-refractivity contribution in [2.45, 2.75) is 32.7 Å². The summed E-state index contributed by atoms with van der Waals surface area (Å²) < 4.78 is 8.23. The second kappa shape index (κ2) is 8.14. The molecule has 0 aliphatic carbocycles. The molecule has 0 bridgehead atoms. The predicted molar refractivity (Wildman–Crippen MR) is 135 cm³/mol. The molecule has 0 unspecified atom stereocenters. The van der Waals surface area contributed by atoms with Crippen molar-refractivity contribution in [3.05, 3.63) is 60.0 Å². The van der Waals surface area contributed by atoms with Crippen molar-refractivity contribution in [2.75, 3.05) is 24.1 Å². The Hall–Kier alpha value is -3.91. The summed E-state index contributed by atoms with van der Waals surface area (Å²) in [5.74, 6) is 0.507. The number of hydrogen-bond acceptors (Lipinski definition) is 7. The molecule has 172 valence electrons. The van der Waals surface area contributed by atoms with E-state index in [9.17, 15) is 0 Å². The summed E-state index contributed by atoms with van der Waals surface area (Å²) in [5.41, 5.74) is 14.1. The fourth-order valence-electron chi connectivity index (χ4n) is 4.98. The zero-order chi connectivity index (χ0) is 23.2. The maximum atomic E-state index is 6.32. The van der Waals surface area contributed by atoms with Gasteiger partial charge in [0.15, 0.2) is 5.58 Å². The van der Waals surface area contributed by atoms with E-state index in [-0.39, 0.29) is 0 Å². The number of hydrogen-bond donors (Lipinski definition) is 3. The summed E-state index contributed by atoms with van der Waals surface area (Å²) >= 11 is 0. The number of nitrogen functional groups attached to an aromatic ring is 1. The number of nitrogens with one attached hydrogen (secondary N) is 2. The lowest BCUT2D eigenvalue weighted by molar-refractivity contribution is 0.375. The first-order valence-electron chi connectivity index (χ1n) is 11.6. The molecule has 3 aromatic heterocycles. The van der Waals surface area contributed by atoms with E-state index in [0.717, 1.165) is 70.4 Å². The first-order valence-corrected chi connectivity index (χ1v) is 11.6. The molecule has 0 saturated carbocycles. The lowest BCUT2D eigenvalue weighted by atomic mass is 10.1. The molecular weight excluding hydrogens is 426 g/mol. The van der Waals surface area contributed by atoms with Crippen molar-refractivity contribution in [2.24, 2.45) is 0 Å². The van der Waals surface area contributed by atoms with Crippen LogP contribution in [-0.2, 0) is 0 Å². The molecule has 1 aliphatic rings. The molecule has 6 rings (SSSR count). The van der Waals surface area contributed by atoms with Gasteiger partial charge in [-0.2, -0.15) is 4.98 Å². The third-order valence-corrected chi connectivity index (χ3v) is 6.61. The van der Waals surface area contributed by atoms with Crippen molar-refractivity contribution >= 4 is 39.7 Å². The maximum absolute atomic E-state index is 6.32. The van der Waals surface area contributed by atoms with E-state index in [1.807, 2.05) is 25.1 Å².